The highest BCUT2D eigenvalue weighted by atomic mass is 79.9. The van der Waals surface area contributed by atoms with E-state index >= 15 is 0 Å². The van der Waals surface area contributed by atoms with Gasteiger partial charge in [0, 0.05) is 14.1 Å². The lowest BCUT2D eigenvalue weighted by Gasteiger charge is -2.28. The smallest absolute Gasteiger partial charge is 0.333 e. The van der Waals surface area contributed by atoms with E-state index < -0.39 is 17.8 Å². The second-order valence-electron chi connectivity index (χ2n) is 6.31. The van der Waals surface area contributed by atoms with Gasteiger partial charge in [-0.1, -0.05) is 13.8 Å². The predicted molar refractivity (Wildman–Crippen MR) is 99.9 cm³/mol. The topological polar surface area (TPSA) is 76.2 Å². The first kappa shape index (κ1) is 20.0. The van der Waals surface area contributed by atoms with Crippen LogP contribution in [0.15, 0.2) is 22.2 Å². The van der Waals surface area contributed by atoms with Crippen LogP contribution >= 0.6 is 15.9 Å². The number of likely N-dealkylation sites (N-methyl/N-ethyl adjacent to an activating group) is 2. The van der Waals surface area contributed by atoms with Gasteiger partial charge in [-0.3, -0.25) is 19.4 Å². The number of benzene rings is 1. The zero-order chi connectivity index (χ0) is 19.6. The summed E-state index contributed by atoms with van der Waals surface area (Å²) >= 11 is 3.44. The van der Waals surface area contributed by atoms with Crippen molar-refractivity contribution in [1.82, 2.24) is 9.80 Å². The number of carbonyl (C=O) groups excluding carboxylic acids is 3. The SMILES string of the molecule is COc1cc(C=C2C(=O)N(C)C(=O)N(C)C2=O)cc(Br)c1OCC(C)C. The first-order valence-electron chi connectivity index (χ1n) is 7.99. The zero-order valence-corrected chi connectivity index (χ0v) is 16.9. The number of methoxy groups -OCH3 is 1. The number of halogens is 1. The number of nitrogens with zero attached hydrogens (tertiary/aromatic N) is 2. The number of barbiturate groups is 1. The summed E-state index contributed by atoms with van der Waals surface area (Å²) in [6, 6.07) is 2.74. The van der Waals surface area contributed by atoms with E-state index in [4.69, 9.17) is 9.47 Å². The molecule has 0 bridgehead atoms. The molecule has 1 saturated heterocycles. The lowest BCUT2D eigenvalue weighted by molar-refractivity contribution is -0.134. The van der Waals surface area contributed by atoms with E-state index in [1.165, 1.54) is 27.3 Å². The molecule has 1 aliphatic rings. The maximum atomic E-state index is 12.3. The fraction of sp³-hybridized carbons (Fsp3) is 0.389. The van der Waals surface area contributed by atoms with Crippen LogP contribution in [0, 0.1) is 5.92 Å². The number of hydrogen-bond acceptors (Lipinski definition) is 5. The van der Waals surface area contributed by atoms with Crippen LogP contribution in [-0.2, 0) is 9.59 Å². The summed E-state index contributed by atoms with van der Waals surface area (Å²) in [6.07, 6.45) is 1.43. The molecule has 1 heterocycles. The van der Waals surface area contributed by atoms with E-state index in [-0.39, 0.29) is 5.57 Å². The fourth-order valence-corrected chi connectivity index (χ4v) is 2.93. The van der Waals surface area contributed by atoms with Gasteiger partial charge in [-0.05, 0) is 45.6 Å². The first-order chi connectivity index (χ1) is 12.2. The molecule has 2 rings (SSSR count). The Morgan fingerprint density at radius 2 is 1.69 bits per heavy atom. The molecule has 26 heavy (non-hydrogen) atoms. The van der Waals surface area contributed by atoms with Gasteiger partial charge in [-0.2, -0.15) is 0 Å². The quantitative estimate of drug-likeness (QED) is 0.536. The molecule has 0 aliphatic carbocycles. The number of hydrogen-bond donors (Lipinski definition) is 0. The van der Waals surface area contributed by atoms with Crippen LogP contribution in [-0.4, -0.2) is 55.5 Å². The van der Waals surface area contributed by atoms with E-state index in [1.54, 1.807) is 12.1 Å². The summed E-state index contributed by atoms with van der Waals surface area (Å²) in [6.45, 7) is 4.59. The van der Waals surface area contributed by atoms with Crippen LogP contribution in [0.25, 0.3) is 6.08 Å². The molecule has 0 atom stereocenters. The molecule has 8 heteroatoms. The van der Waals surface area contributed by atoms with Crippen LogP contribution in [0.4, 0.5) is 4.79 Å². The number of imide groups is 2. The minimum absolute atomic E-state index is 0.0978. The Bertz CT molecular complexity index is 762. The third-order valence-corrected chi connectivity index (χ3v) is 4.36. The normalized spacial score (nSPS) is 15.0. The van der Waals surface area contributed by atoms with Gasteiger partial charge in [0.25, 0.3) is 11.8 Å². The largest absolute Gasteiger partial charge is 0.493 e. The van der Waals surface area contributed by atoms with Crippen molar-refractivity contribution in [2.24, 2.45) is 5.92 Å². The molecule has 1 aromatic carbocycles. The molecule has 1 aromatic rings. The highest BCUT2D eigenvalue weighted by Gasteiger charge is 2.37. The monoisotopic (exact) mass is 424 g/mol. The summed E-state index contributed by atoms with van der Waals surface area (Å²) in [5.41, 5.74) is 0.470. The summed E-state index contributed by atoms with van der Waals surface area (Å²) in [7, 11) is 4.18. The van der Waals surface area contributed by atoms with E-state index in [9.17, 15) is 14.4 Å². The maximum absolute atomic E-state index is 12.3. The van der Waals surface area contributed by atoms with E-state index in [2.05, 4.69) is 15.9 Å². The molecule has 1 fully saturated rings. The Hall–Kier alpha value is -2.35. The molecule has 140 valence electrons. The van der Waals surface area contributed by atoms with Crippen molar-refractivity contribution in [2.45, 2.75) is 13.8 Å². The summed E-state index contributed by atoms with van der Waals surface area (Å²) < 4.78 is 11.8. The molecule has 7 nitrogen and oxygen atoms in total. The van der Waals surface area contributed by atoms with Gasteiger partial charge in [0.1, 0.15) is 5.57 Å². The second-order valence-corrected chi connectivity index (χ2v) is 7.16. The molecule has 0 spiro atoms. The first-order valence-corrected chi connectivity index (χ1v) is 8.78. The average Bonchev–Trinajstić information content (AvgIpc) is 2.60. The average molecular weight is 425 g/mol. The molecule has 0 N–H and O–H groups in total. The number of rotatable bonds is 5. The number of ether oxygens (including phenoxy) is 2. The van der Waals surface area contributed by atoms with Gasteiger partial charge in [-0.25, -0.2) is 4.79 Å². The Kier molecular flexibility index (Phi) is 6.07. The zero-order valence-electron chi connectivity index (χ0n) is 15.3. The Morgan fingerprint density at radius 3 is 2.19 bits per heavy atom. The maximum Gasteiger partial charge on any atom is 0.333 e. The lowest BCUT2D eigenvalue weighted by atomic mass is 10.1. The van der Waals surface area contributed by atoms with Crippen molar-refractivity contribution in [2.75, 3.05) is 27.8 Å². The highest BCUT2D eigenvalue weighted by molar-refractivity contribution is 9.10. The highest BCUT2D eigenvalue weighted by Crippen LogP contribution is 2.37. The van der Waals surface area contributed by atoms with Crippen molar-refractivity contribution in [3.63, 3.8) is 0 Å². The van der Waals surface area contributed by atoms with E-state index in [1.807, 2.05) is 13.8 Å². The summed E-state index contributed by atoms with van der Waals surface area (Å²) in [5, 5.41) is 0. The third-order valence-electron chi connectivity index (χ3n) is 3.77. The van der Waals surface area contributed by atoms with Crippen molar-refractivity contribution >= 4 is 39.9 Å². The number of amides is 4. The van der Waals surface area contributed by atoms with E-state index in [0.29, 0.717) is 34.1 Å². The van der Waals surface area contributed by atoms with Gasteiger partial charge in [0.15, 0.2) is 11.5 Å². The molecule has 1 aliphatic heterocycles. The van der Waals surface area contributed by atoms with Gasteiger partial charge < -0.3 is 9.47 Å². The minimum atomic E-state index is -0.659. The van der Waals surface area contributed by atoms with Gasteiger partial charge >= 0.3 is 6.03 Å². The van der Waals surface area contributed by atoms with Crippen LogP contribution in [0.5, 0.6) is 11.5 Å². The minimum Gasteiger partial charge on any atom is -0.493 e. The second kappa shape index (κ2) is 7.90. The molecule has 0 radical (unpaired) electrons. The van der Waals surface area contributed by atoms with Crippen LogP contribution < -0.4 is 9.47 Å². The molecular weight excluding hydrogens is 404 g/mol. The van der Waals surface area contributed by atoms with Crippen LogP contribution in [0.3, 0.4) is 0 Å². The third kappa shape index (κ3) is 3.90. The van der Waals surface area contributed by atoms with E-state index in [0.717, 1.165) is 9.80 Å². The lowest BCUT2D eigenvalue weighted by Crippen LogP contribution is -2.52. The number of urea groups is 1. The van der Waals surface area contributed by atoms with Crippen molar-refractivity contribution in [1.29, 1.82) is 0 Å². The molecule has 0 aromatic heterocycles. The predicted octanol–water partition coefficient (Wildman–Crippen LogP) is 2.93. The Morgan fingerprint density at radius 1 is 1.12 bits per heavy atom. The molecule has 4 amide bonds. The van der Waals surface area contributed by atoms with Crippen molar-refractivity contribution in [3.05, 3.63) is 27.7 Å². The number of carbonyl (C=O) groups is 3. The van der Waals surface area contributed by atoms with Gasteiger partial charge in [0.2, 0.25) is 0 Å². The molecule has 0 saturated carbocycles. The van der Waals surface area contributed by atoms with Gasteiger partial charge in [0.05, 0.1) is 18.2 Å². The molecular formula is C18H21BrN2O5. The fourth-order valence-electron chi connectivity index (χ4n) is 2.35. The Balaban J connectivity index is 2.44. The Labute approximate surface area is 160 Å². The molecule has 0 unspecified atom stereocenters. The standard InChI is InChI=1S/C18H21BrN2O5/c1-10(2)9-26-15-13(19)7-11(8-14(15)25-5)6-12-16(22)20(3)18(24)21(4)17(12)23/h6-8,10H,9H2,1-5H3. The van der Waals surface area contributed by atoms with Gasteiger partial charge in [-0.15, -0.1) is 0 Å². The van der Waals surface area contributed by atoms with Crippen molar-refractivity contribution in [3.8, 4) is 11.5 Å². The van der Waals surface area contributed by atoms with Crippen molar-refractivity contribution < 1.29 is 23.9 Å². The summed E-state index contributed by atoms with van der Waals surface area (Å²) in [4.78, 5) is 38.2. The summed E-state index contributed by atoms with van der Waals surface area (Å²) in [5.74, 6) is 0.0746. The van der Waals surface area contributed by atoms with Crippen LogP contribution in [0.2, 0.25) is 0 Å². The van der Waals surface area contributed by atoms with Crippen LogP contribution in [0.1, 0.15) is 19.4 Å².